The molecule has 7 heteroatoms. The predicted octanol–water partition coefficient (Wildman–Crippen LogP) is 2.75. The molecule has 1 heterocycles. The van der Waals surface area contributed by atoms with E-state index in [0.717, 1.165) is 4.47 Å². The Morgan fingerprint density at radius 3 is 2.81 bits per heavy atom. The summed E-state index contributed by atoms with van der Waals surface area (Å²) in [6.07, 6.45) is 1.59. The van der Waals surface area contributed by atoms with E-state index in [2.05, 4.69) is 31.4 Å². The molecule has 108 valence electrons. The normalized spacial score (nSPS) is 11.0. The lowest BCUT2D eigenvalue weighted by Crippen LogP contribution is -2.16. The van der Waals surface area contributed by atoms with Crippen LogP contribution in [0.5, 0.6) is 5.75 Å². The molecule has 0 spiro atoms. The van der Waals surface area contributed by atoms with Gasteiger partial charge in [-0.1, -0.05) is 12.1 Å². The highest BCUT2D eigenvalue weighted by atomic mass is 79.9. The topological polar surface area (TPSA) is 83.8 Å². The Morgan fingerprint density at radius 1 is 1.38 bits per heavy atom. The van der Waals surface area contributed by atoms with Crippen LogP contribution in [0.3, 0.4) is 0 Å². The highest BCUT2D eigenvalue weighted by Crippen LogP contribution is 2.14. The first-order chi connectivity index (χ1) is 10.1. The summed E-state index contributed by atoms with van der Waals surface area (Å²) >= 11 is 3.27. The first kappa shape index (κ1) is 15.0. The molecule has 0 unspecified atom stereocenters. The quantitative estimate of drug-likeness (QED) is 0.640. The molecule has 2 aromatic rings. The number of methoxy groups -OCH3 is 1. The van der Waals surface area contributed by atoms with Crippen LogP contribution < -0.4 is 10.2 Å². The number of nitrogens with one attached hydrogen (secondary N) is 1. The van der Waals surface area contributed by atoms with Crippen molar-refractivity contribution in [2.45, 2.75) is 0 Å². The average molecular weight is 350 g/mol. The number of hydrogen-bond acceptors (Lipinski definition) is 5. The Labute approximate surface area is 129 Å². The van der Waals surface area contributed by atoms with Crippen LogP contribution in [-0.4, -0.2) is 28.9 Å². The van der Waals surface area contributed by atoms with E-state index < -0.39 is 5.97 Å². The van der Waals surface area contributed by atoms with Crippen LogP contribution in [0.25, 0.3) is 0 Å². The lowest BCUT2D eigenvalue weighted by Gasteiger charge is -2.05. The monoisotopic (exact) mass is 349 g/mol. The zero-order valence-corrected chi connectivity index (χ0v) is 12.7. The van der Waals surface area contributed by atoms with Crippen molar-refractivity contribution in [2.75, 3.05) is 12.5 Å². The number of aliphatic carboxylic acids is 1. The summed E-state index contributed by atoms with van der Waals surface area (Å²) in [7, 11) is 1.51. The molecule has 1 aromatic carbocycles. The molecular formula is C14H12BrN3O3. The maximum absolute atomic E-state index is 11.3. The molecule has 0 bridgehead atoms. The number of benzene rings is 1. The van der Waals surface area contributed by atoms with Gasteiger partial charge >= 0.3 is 5.97 Å². The number of carboxylic acids is 1. The van der Waals surface area contributed by atoms with Gasteiger partial charge in [0.05, 0.1) is 7.11 Å². The second-order valence-corrected chi connectivity index (χ2v) is 4.89. The van der Waals surface area contributed by atoms with Gasteiger partial charge in [0.2, 0.25) is 0 Å². The van der Waals surface area contributed by atoms with Crippen LogP contribution in [0.4, 0.5) is 5.82 Å². The minimum absolute atomic E-state index is 0.126. The van der Waals surface area contributed by atoms with Crippen molar-refractivity contribution < 1.29 is 14.6 Å². The summed E-state index contributed by atoms with van der Waals surface area (Å²) < 4.78 is 5.90. The van der Waals surface area contributed by atoms with Crippen molar-refractivity contribution in [3.8, 4) is 5.75 Å². The largest absolute Gasteiger partial charge is 0.497 e. The molecule has 0 saturated heterocycles. The first-order valence-electron chi connectivity index (χ1n) is 5.93. The fraction of sp³-hybridized carbons (Fsp3) is 0.0714. The fourth-order valence-electron chi connectivity index (χ4n) is 1.56. The molecule has 0 amide bonds. The van der Waals surface area contributed by atoms with Crippen LogP contribution in [0.1, 0.15) is 5.56 Å². The van der Waals surface area contributed by atoms with Crippen LogP contribution in [0.2, 0.25) is 0 Å². The van der Waals surface area contributed by atoms with Crippen molar-refractivity contribution in [1.29, 1.82) is 0 Å². The zero-order chi connectivity index (χ0) is 15.2. The number of carboxylic acid groups (broad SMARTS) is 1. The van der Waals surface area contributed by atoms with Crippen molar-refractivity contribution in [1.82, 2.24) is 4.98 Å². The van der Waals surface area contributed by atoms with E-state index in [0.29, 0.717) is 17.1 Å². The summed E-state index contributed by atoms with van der Waals surface area (Å²) in [6, 6.07) is 10.1. The highest BCUT2D eigenvalue weighted by molar-refractivity contribution is 9.10. The van der Waals surface area contributed by atoms with E-state index in [4.69, 9.17) is 4.74 Å². The van der Waals surface area contributed by atoms with Gasteiger partial charge in [0.15, 0.2) is 5.71 Å². The minimum atomic E-state index is -1.15. The molecule has 0 fully saturated rings. The Morgan fingerprint density at radius 2 is 2.19 bits per heavy atom. The summed E-state index contributed by atoms with van der Waals surface area (Å²) in [5.41, 5.74) is 2.93. The molecule has 0 aliphatic heterocycles. The van der Waals surface area contributed by atoms with E-state index in [1.807, 2.05) is 0 Å². The third-order valence-corrected chi connectivity index (χ3v) is 3.02. The Kier molecular flexibility index (Phi) is 4.89. The molecule has 1 aromatic heterocycles. The summed E-state index contributed by atoms with van der Waals surface area (Å²) in [6.45, 7) is 0. The lowest BCUT2D eigenvalue weighted by atomic mass is 10.1. The smallest absolute Gasteiger partial charge is 0.356 e. The maximum Gasteiger partial charge on any atom is 0.356 e. The molecule has 0 atom stereocenters. The Bertz CT molecular complexity index is 671. The number of hydrazone groups is 1. The van der Waals surface area contributed by atoms with Gasteiger partial charge in [0.25, 0.3) is 0 Å². The molecule has 6 nitrogen and oxygen atoms in total. The van der Waals surface area contributed by atoms with E-state index in [1.54, 1.807) is 42.6 Å². The van der Waals surface area contributed by atoms with E-state index in [1.165, 1.54) is 7.11 Å². The van der Waals surface area contributed by atoms with Gasteiger partial charge in [0.1, 0.15) is 11.6 Å². The lowest BCUT2D eigenvalue weighted by molar-refractivity contribution is -0.129. The van der Waals surface area contributed by atoms with Gasteiger partial charge < -0.3 is 9.84 Å². The Hall–Kier alpha value is -2.41. The van der Waals surface area contributed by atoms with Crippen molar-refractivity contribution >= 4 is 33.4 Å². The molecule has 2 N–H and O–H groups in total. The van der Waals surface area contributed by atoms with Crippen LogP contribution in [0, 0.1) is 0 Å². The fourth-order valence-corrected chi connectivity index (χ4v) is 1.80. The SMILES string of the molecule is COc1cccc(/C(=N/Nc2ccc(Br)cn2)C(=O)O)c1. The standard InChI is InChI=1S/C14H12BrN3O3/c1-21-11-4-2-3-9(7-11)13(14(19)20)18-17-12-6-5-10(15)8-16-12/h2-8H,1H3,(H,16,17)(H,19,20)/b18-13-. The molecular weight excluding hydrogens is 338 g/mol. The number of pyridine rings is 1. The van der Waals surface area contributed by atoms with Gasteiger partial charge in [-0.15, -0.1) is 0 Å². The third-order valence-electron chi connectivity index (χ3n) is 2.56. The van der Waals surface area contributed by atoms with Gasteiger partial charge in [0, 0.05) is 16.2 Å². The second-order valence-electron chi connectivity index (χ2n) is 3.97. The number of rotatable bonds is 5. The molecule has 2 rings (SSSR count). The number of aromatic nitrogens is 1. The zero-order valence-electron chi connectivity index (χ0n) is 11.1. The molecule has 0 saturated carbocycles. The number of hydrogen-bond donors (Lipinski definition) is 2. The van der Waals surface area contributed by atoms with Gasteiger partial charge in [-0.2, -0.15) is 5.10 Å². The van der Waals surface area contributed by atoms with Crippen molar-refractivity contribution in [3.63, 3.8) is 0 Å². The van der Waals surface area contributed by atoms with Crippen LogP contribution in [-0.2, 0) is 4.79 Å². The summed E-state index contributed by atoms with van der Waals surface area (Å²) in [5.74, 6) is -0.143. The van der Waals surface area contributed by atoms with E-state index in [-0.39, 0.29) is 5.71 Å². The van der Waals surface area contributed by atoms with Crippen molar-refractivity contribution in [2.24, 2.45) is 5.10 Å². The number of halogens is 1. The van der Waals surface area contributed by atoms with E-state index >= 15 is 0 Å². The van der Waals surface area contributed by atoms with Gasteiger partial charge in [-0.3, -0.25) is 5.43 Å². The molecule has 0 aliphatic rings. The number of anilines is 1. The average Bonchev–Trinajstić information content (AvgIpc) is 2.49. The van der Waals surface area contributed by atoms with Gasteiger partial charge in [-0.25, -0.2) is 9.78 Å². The van der Waals surface area contributed by atoms with Crippen LogP contribution in [0.15, 0.2) is 52.2 Å². The first-order valence-corrected chi connectivity index (χ1v) is 6.72. The predicted molar refractivity (Wildman–Crippen MR) is 82.7 cm³/mol. The van der Waals surface area contributed by atoms with Gasteiger partial charge in [-0.05, 0) is 40.2 Å². The number of carbonyl (C=O) groups is 1. The molecule has 21 heavy (non-hydrogen) atoms. The summed E-state index contributed by atoms with van der Waals surface area (Å²) in [4.78, 5) is 15.4. The minimum Gasteiger partial charge on any atom is -0.497 e. The maximum atomic E-state index is 11.3. The Balaban J connectivity index is 2.27. The molecule has 0 radical (unpaired) electrons. The second kappa shape index (κ2) is 6.85. The van der Waals surface area contributed by atoms with Crippen LogP contribution >= 0.6 is 15.9 Å². The highest BCUT2D eigenvalue weighted by Gasteiger charge is 2.13. The number of nitrogens with zero attached hydrogens (tertiary/aromatic N) is 2. The molecule has 0 aliphatic carbocycles. The van der Waals surface area contributed by atoms with Crippen molar-refractivity contribution in [3.05, 3.63) is 52.6 Å². The van der Waals surface area contributed by atoms with E-state index in [9.17, 15) is 9.90 Å². The third kappa shape index (κ3) is 4.03. The number of ether oxygens (including phenoxy) is 1. The summed E-state index contributed by atoms with van der Waals surface area (Å²) in [5, 5.41) is 13.2.